The number of fused-ring (bicyclic) bond motifs is 3. The van der Waals surface area contributed by atoms with Gasteiger partial charge in [0.1, 0.15) is 0 Å². The highest BCUT2D eigenvalue weighted by Gasteiger charge is 2.33. The summed E-state index contributed by atoms with van der Waals surface area (Å²) in [5.41, 5.74) is 0. The van der Waals surface area contributed by atoms with Gasteiger partial charge in [0, 0.05) is 12.6 Å². The molecule has 0 aliphatic carbocycles. The zero-order valence-electron chi connectivity index (χ0n) is 11.6. The van der Waals surface area contributed by atoms with Gasteiger partial charge in [-0.1, -0.05) is 13.8 Å². The Hall–Kier alpha value is -0.120. The maximum absolute atomic E-state index is 3.79. The number of rotatable bonds is 7. The third kappa shape index (κ3) is 3.67. The van der Waals surface area contributed by atoms with Gasteiger partial charge in [0.25, 0.3) is 0 Å². The highest BCUT2D eigenvalue weighted by Crippen LogP contribution is 2.27. The van der Waals surface area contributed by atoms with Crippen LogP contribution in [0.3, 0.4) is 0 Å². The number of hydrogen-bond donors (Lipinski definition) is 1. The Kier molecular flexibility index (Phi) is 5.26. The zero-order chi connectivity index (χ0) is 12.1. The van der Waals surface area contributed by atoms with Crippen LogP contribution in [0, 0.1) is 5.92 Å². The van der Waals surface area contributed by atoms with Crippen LogP contribution in [-0.4, -0.2) is 61.7 Å². The molecule has 3 saturated heterocycles. The van der Waals surface area contributed by atoms with E-state index in [1.807, 2.05) is 0 Å². The van der Waals surface area contributed by atoms with Crippen LogP contribution < -0.4 is 5.32 Å². The highest BCUT2D eigenvalue weighted by atomic mass is 15.2. The van der Waals surface area contributed by atoms with Gasteiger partial charge in [0.15, 0.2) is 0 Å². The smallest absolute Gasteiger partial charge is 0.0224 e. The number of nitrogens with zero attached hydrogens (tertiary/aromatic N) is 2. The fourth-order valence-electron chi connectivity index (χ4n) is 3.33. The number of nitrogens with one attached hydrogen (secondary N) is 1. The van der Waals surface area contributed by atoms with Gasteiger partial charge < -0.3 is 15.1 Å². The molecule has 3 heterocycles. The summed E-state index contributed by atoms with van der Waals surface area (Å²) in [6, 6.07) is 0.786. The molecular formula is C14H29N3. The van der Waals surface area contributed by atoms with E-state index in [9.17, 15) is 0 Å². The molecule has 1 unspecified atom stereocenters. The lowest BCUT2D eigenvalue weighted by Gasteiger charge is -2.45. The van der Waals surface area contributed by atoms with Crippen LogP contribution in [0.1, 0.15) is 33.1 Å². The lowest BCUT2D eigenvalue weighted by atomic mass is 9.84. The van der Waals surface area contributed by atoms with E-state index in [4.69, 9.17) is 0 Å². The van der Waals surface area contributed by atoms with E-state index in [1.54, 1.807) is 0 Å². The lowest BCUT2D eigenvalue weighted by Crippen LogP contribution is -2.56. The van der Waals surface area contributed by atoms with Crippen LogP contribution in [0.4, 0.5) is 0 Å². The largest absolute Gasteiger partial charge is 0.312 e. The molecule has 0 aromatic heterocycles. The van der Waals surface area contributed by atoms with Crippen LogP contribution in [-0.2, 0) is 0 Å². The number of hydrogen-bond acceptors (Lipinski definition) is 3. The summed E-state index contributed by atoms with van der Waals surface area (Å²) in [5.74, 6) is 0.966. The molecule has 0 saturated carbocycles. The summed E-state index contributed by atoms with van der Waals surface area (Å²) < 4.78 is 0. The lowest BCUT2D eigenvalue weighted by molar-refractivity contribution is 0.0724. The van der Waals surface area contributed by atoms with E-state index in [0.29, 0.717) is 0 Å². The highest BCUT2D eigenvalue weighted by molar-refractivity contribution is 4.90. The topological polar surface area (TPSA) is 18.5 Å². The van der Waals surface area contributed by atoms with Gasteiger partial charge >= 0.3 is 0 Å². The molecule has 3 rings (SSSR count). The van der Waals surface area contributed by atoms with Crippen LogP contribution in [0.25, 0.3) is 0 Å². The average molecular weight is 239 g/mol. The van der Waals surface area contributed by atoms with Crippen molar-refractivity contribution in [1.82, 2.24) is 15.1 Å². The average Bonchev–Trinajstić information content (AvgIpc) is 2.40. The van der Waals surface area contributed by atoms with Crippen LogP contribution in [0.2, 0.25) is 0 Å². The predicted octanol–water partition coefficient (Wildman–Crippen LogP) is 1.40. The summed E-state index contributed by atoms with van der Waals surface area (Å²) >= 11 is 0. The Bertz CT molecular complexity index is 208. The first-order chi connectivity index (χ1) is 8.33. The molecule has 0 amide bonds. The van der Waals surface area contributed by atoms with Crippen molar-refractivity contribution in [3.63, 3.8) is 0 Å². The molecule has 0 aromatic rings. The first-order valence-corrected chi connectivity index (χ1v) is 7.51. The van der Waals surface area contributed by atoms with E-state index in [2.05, 4.69) is 29.0 Å². The molecule has 17 heavy (non-hydrogen) atoms. The third-order valence-electron chi connectivity index (χ3n) is 4.61. The van der Waals surface area contributed by atoms with Crippen LogP contribution >= 0.6 is 0 Å². The first kappa shape index (κ1) is 13.3. The van der Waals surface area contributed by atoms with Gasteiger partial charge in [-0.15, -0.1) is 0 Å². The SMILES string of the molecule is CCN(CC)CCCNC1CN2CCC1CC2. The fourth-order valence-corrected chi connectivity index (χ4v) is 3.33. The molecule has 3 nitrogen and oxygen atoms in total. The van der Waals surface area contributed by atoms with Gasteiger partial charge in [-0.2, -0.15) is 0 Å². The Morgan fingerprint density at radius 3 is 2.41 bits per heavy atom. The first-order valence-electron chi connectivity index (χ1n) is 7.51. The minimum absolute atomic E-state index is 0.786. The van der Waals surface area contributed by atoms with Crippen molar-refractivity contribution in [2.24, 2.45) is 5.92 Å². The molecule has 3 fully saturated rings. The third-order valence-corrected chi connectivity index (χ3v) is 4.61. The molecule has 2 bridgehead atoms. The maximum atomic E-state index is 3.79. The Morgan fingerprint density at radius 2 is 1.88 bits per heavy atom. The molecule has 1 atom stereocenters. The van der Waals surface area contributed by atoms with E-state index in [1.165, 1.54) is 65.1 Å². The Labute approximate surface area is 107 Å². The minimum atomic E-state index is 0.786. The van der Waals surface area contributed by atoms with Crippen molar-refractivity contribution < 1.29 is 0 Å². The second kappa shape index (κ2) is 6.72. The summed E-state index contributed by atoms with van der Waals surface area (Å²) in [5, 5.41) is 3.79. The zero-order valence-corrected chi connectivity index (χ0v) is 11.6. The second-order valence-corrected chi connectivity index (χ2v) is 5.58. The fraction of sp³-hybridized carbons (Fsp3) is 1.00. The maximum Gasteiger partial charge on any atom is 0.0224 e. The van der Waals surface area contributed by atoms with Crippen molar-refractivity contribution in [2.75, 3.05) is 45.8 Å². The molecule has 0 spiro atoms. The van der Waals surface area contributed by atoms with Gasteiger partial charge in [-0.3, -0.25) is 0 Å². The molecule has 3 aliphatic heterocycles. The molecule has 100 valence electrons. The molecule has 0 aromatic carbocycles. The summed E-state index contributed by atoms with van der Waals surface area (Å²) in [6.07, 6.45) is 4.15. The van der Waals surface area contributed by atoms with Gasteiger partial charge in [-0.25, -0.2) is 0 Å². The summed E-state index contributed by atoms with van der Waals surface area (Å²) in [4.78, 5) is 5.14. The van der Waals surface area contributed by atoms with E-state index >= 15 is 0 Å². The van der Waals surface area contributed by atoms with Gasteiger partial charge in [0.2, 0.25) is 0 Å². The van der Waals surface area contributed by atoms with Crippen molar-refractivity contribution in [3.8, 4) is 0 Å². The predicted molar refractivity (Wildman–Crippen MR) is 73.4 cm³/mol. The van der Waals surface area contributed by atoms with Crippen LogP contribution in [0.5, 0.6) is 0 Å². The minimum Gasteiger partial charge on any atom is -0.312 e. The van der Waals surface area contributed by atoms with Gasteiger partial charge in [0.05, 0.1) is 0 Å². The van der Waals surface area contributed by atoms with E-state index < -0.39 is 0 Å². The van der Waals surface area contributed by atoms with Crippen LogP contribution in [0.15, 0.2) is 0 Å². The molecule has 1 N–H and O–H groups in total. The molecular weight excluding hydrogens is 210 g/mol. The molecule has 3 aliphatic rings. The normalized spacial score (nSPS) is 32.3. The second-order valence-electron chi connectivity index (χ2n) is 5.58. The Balaban J connectivity index is 1.59. The quantitative estimate of drug-likeness (QED) is 0.678. The summed E-state index contributed by atoms with van der Waals surface area (Å²) in [6.45, 7) is 13.3. The molecule has 0 radical (unpaired) electrons. The van der Waals surface area contributed by atoms with Crippen molar-refractivity contribution in [3.05, 3.63) is 0 Å². The van der Waals surface area contributed by atoms with E-state index in [-0.39, 0.29) is 0 Å². The summed E-state index contributed by atoms with van der Waals surface area (Å²) in [7, 11) is 0. The van der Waals surface area contributed by atoms with Crippen molar-refractivity contribution in [2.45, 2.75) is 39.2 Å². The standard InChI is InChI=1S/C14H29N3/c1-3-16(4-2)9-5-8-15-14-12-17-10-6-13(14)7-11-17/h13-15H,3-12H2,1-2H3. The van der Waals surface area contributed by atoms with Crippen molar-refractivity contribution >= 4 is 0 Å². The molecule has 3 heteroatoms. The van der Waals surface area contributed by atoms with E-state index in [0.717, 1.165) is 12.0 Å². The van der Waals surface area contributed by atoms with Gasteiger partial charge in [-0.05, 0) is 64.4 Å². The Morgan fingerprint density at radius 1 is 1.18 bits per heavy atom. The number of piperidine rings is 3. The monoisotopic (exact) mass is 239 g/mol. The van der Waals surface area contributed by atoms with Crippen molar-refractivity contribution in [1.29, 1.82) is 0 Å².